The summed E-state index contributed by atoms with van der Waals surface area (Å²) < 4.78 is 2.30. The van der Waals surface area contributed by atoms with E-state index in [-0.39, 0.29) is 0 Å². The van der Waals surface area contributed by atoms with E-state index in [1.165, 1.54) is 28.8 Å². The number of thiazole rings is 1. The van der Waals surface area contributed by atoms with Crippen molar-refractivity contribution in [1.82, 2.24) is 19.7 Å². The molecule has 3 heterocycles. The normalized spacial score (nSPS) is 15.8. The number of hydrogen-bond acceptors (Lipinski definition) is 6. The van der Waals surface area contributed by atoms with Gasteiger partial charge in [-0.25, -0.2) is 4.98 Å². The summed E-state index contributed by atoms with van der Waals surface area (Å²) in [7, 11) is 0. The summed E-state index contributed by atoms with van der Waals surface area (Å²) in [5, 5.41) is 16.3. The van der Waals surface area contributed by atoms with E-state index in [9.17, 15) is 0 Å². The van der Waals surface area contributed by atoms with Crippen molar-refractivity contribution in [2.45, 2.75) is 57.0 Å². The monoisotopic (exact) mass is 500 g/mol. The molecule has 1 aliphatic carbocycles. The molecule has 1 unspecified atom stereocenters. The van der Waals surface area contributed by atoms with Gasteiger partial charge >= 0.3 is 0 Å². The Kier molecular flexibility index (Phi) is 6.69. The van der Waals surface area contributed by atoms with Crippen LogP contribution in [0.15, 0.2) is 40.2 Å². The van der Waals surface area contributed by atoms with Crippen molar-refractivity contribution in [1.29, 1.82) is 0 Å². The van der Waals surface area contributed by atoms with Crippen LogP contribution in [0.3, 0.4) is 0 Å². The fraction of sp³-hybridized carbons (Fsp3) is 0.375. The maximum atomic E-state index is 6.35. The van der Waals surface area contributed by atoms with Crippen molar-refractivity contribution in [2.24, 2.45) is 5.92 Å². The number of fused-ring (bicyclic) bond motifs is 1. The van der Waals surface area contributed by atoms with Crippen molar-refractivity contribution in [3.63, 3.8) is 0 Å². The van der Waals surface area contributed by atoms with Gasteiger partial charge in [-0.2, -0.15) is 0 Å². The lowest BCUT2D eigenvalue weighted by molar-refractivity contribution is 0.508. The minimum Gasteiger partial charge on any atom is -0.302 e. The van der Waals surface area contributed by atoms with Crippen LogP contribution in [0.25, 0.3) is 22.0 Å². The zero-order valence-corrected chi connectivity index (χ0v) is 21.4. The molecular weight excluding hydrogens is 476 g/mol. The van der Waals surface area contributed by atoms with E-state index in [4.69, 9.17) is 16.6 Å². The molecule has 4 nitrogen and oxygen atoms in total. The van der Waals surface area contributed by atoms with E-state index in [1.54, 1.807) is 23.1 Å². The van der Waals surface area contributed by atoms with Crippen LogP contribution in [0.5, 0.6) is 0 Å². The van der Waals surface area contributed by atoms with Crippen molar-refractivity contribution in [3.8, 4) is 22.0 Å². The van der Waals surface area contributed by atoms with Gasteiger partial charge in [0.25, 0.3) is 0 Å². The van der Waals surface area contributed by atoms with E-state index in [2.05, 4.69) is 39.4 Å². The predicted octanol–water partition coefficient (Wildman–Crippen LogP) is 7.61. The Morgan fingerprint density at radius 2 is 2.03 bits per heavy atom. The van der Waals surface area contributed by atoms with Crippen LogP contribution in [0.4, 0.5) is 0 Å². The van der Waals surface area contributed by atoms with E-state index in [0.717, 1.165) is 63.3 Å². The number of nitrogens with zero attached hydrogens (tertiary/aromatic N) is 4. The number of benzene rings is 1. The third-order valence-corrected chi connectivity index (χ3v) is 9.12. The van der Waals surface area contributed by atoms with Crippen LogP contribution in [-0.4, -0.2) is 19.7 Å². The molecule has 1 atom stereocenters. The van der Waals surface area contributed by atoms with Crippen molar-refractivity contribution in [2.75, 3.05) is 0 Å². The molecule has 0 amide bonds. The van der Waals surface area contributed by atoms with Gasteiger partial charge in [-0.15, -0.1) is 32.9 Å². The summed E-state index contributed by atoms with van der Waals surface area (Å²) in [4.78, 5) is 6.35. The van der Waals surface area contributed by atoms with Gasteiger partial charge < -0.3 is 4.57 Å². The van der Waals surface area contributed by atoms with Gasteiger partial charge in [0.1, 0.15) is 5.01 Å². The molecule has 1 aliphatic rings. The highest BCUT2D eigenvalue weighted by Crippen LogP contribution is 2.39. The Morgan fingerprint density at radius 3 is 2.88 bits per heavy atom. The van der Waals surface area contributed by atoms with Crippen LogP contribution < -0.4 is 0 Å². The Morgan fingerprint density at radius 1 is 1.16 bits per heavy atom. The number of rotatable bonds is 7. The summed E-state index contributed by atoms with van der Waals surface area (Å²) in [5.41, 5.74) is 4.82. The van der Waals surface area contributed by atoms with Gasteiger partial charge in [0.05, 0.1) is 10.7 Å². The molecule has 0 radical (unpaired) electrons. The first-order chi connectivity index (χ1) is 15.6. The molecule has 0 saturated carbocycles. The second-order valence-electron chi connectivity index (χ2n) is 8.27. The van der Waals surface area contributed by atoms with Gasteiger partial charge in [-0.3, -0.25) is 0 Å². The molecule has 4 aromatic rings. The average Bonchev–Trinajstić information content (AvgIpc) is 3.51. The topological polar surface area (TPSA) is 43.6 Å². The number of aromatic nitrogens is 4. The van der Waals surface area contributed by atoms with Gasteiger partial charge in [-0.05, 0) is 43.2 Å². The van der Waals surface area contributed by atoms with Crippen LogP contribution in [0, 0.1) is 5.92 Å². The lowest BCUT2D eigenvalue weighted by Crippen LogP contribution is -2.10. The van der Waals surface area contributed by atoms with Crippen LogP contribution in [-0.2, 0) is 25.1 Å². The molecule has 0 spiro atoms. The highest BCUT2D eigenvalue weighted by atomic mass is 35.5. The summed E-state index contributed by atoms with van der Waals surface area (Å²) in [6, 6.07) is 7.87. The van der Waals surface area contributed by atoms with Crippen LogP contribution in [0.2, 0.25) is 5.02 Å². The molecule has 0 fully saturated rings. The largest absolute Gasteiger partial charge is 0.302 e. The molecule has 1 aromatic carbocycles. The first kappa shape index (κ1) is 22.1. The van der Waals surface area contributed by atoms with Gasteiger partial charge in [-0.1, -0.05) is 55.4 Å². The maximum absolute atomic E-state index is 6.35. The Labute approximate surface area is 206 Å². The fourth-order valence-electron chi connectivity index (χ4n) is 4.15. The molecule has 0 aliphatic heterocycles. The molecule has 0 bridgehead atoms. The zero-order chi connectivity index (χ0) is 22.1. The Bertz CT molecular complexity index is 1230. The van der Waals surface area contributed by atoms with E-state index < -0.39 is 0 Å². The number of halogens is 1. The third-order valence-electron chi connectivity index (χ3n) is 5.81. The summed E-state index contributed by atoms with van der Waals surface area (Å²) in [6.45, 7) is 5.49. The SMILES string of the molecule is CCCn1c(SCc2csc(-c3ccccc3Cl)n2)nnc1-c1csc2c1CCC(C)C2. The van der Waals surface area contributed by atoms with Crippen molar-refractivity contribution < 1.29 is 0 Å². The predicted molar refractivity (Wildman–Crippen MR) is 137 cm³/mol. The average molecular weight is 501 g/mol. The summed E-state index contributed by atoms with van der Waals surface area (Å²) in [6.07, 6.45) is 4.66. The van der Waals surface area contributed by atoms with Crippen molar-refractivity contribution in [3.05, 3.63) is 56.2 Å². The number of thiophene rings is 1. The first-order valence-corrected chi connectivity index (χ1v) is 14.1. The lowest BCUT2D eigenvalue weighted by Gasteiger charge is -2.19. The highest BCUT2D eigenvalue weighted by Gasteiger charge is 2.24. The number of thioether (sulfide) groups is 1. The molecule has 0 N–H and O–H groups in total. The minimum atomic E-state index is 0.738. The summed E-state index contributed by atoms with van der Waals surface area (Å²) >= 11 is 11.6. The fourth-order valence-corrected chi connectivity index (χ4v) is 7.50. The lowest BCUT2D eigenvalue weighted by atomic mass is 9.88. The summed E-state index contributed by atoms with van der Waals surface area (Å²) in [5.74, 6) is 2.57. The molecule has 5 rings (SSSR count). The van der Waals surface area contributed by atoms with Gasteiger partial charge in [0.15, 0.2) is 11.0 Å². The van der Waals surface area contributed by atoms with Crippen molar-refractivity contribution >= 4 is 46.0 Å². The zero-order valence-electron chi connectivity index (χ0n) is 18.2. The van der Waals surface area contributed by atoms with Crippen LogP contribution in [0.1, 0.15) is 42.8 Å². The third kappa shape index (κ3) is 4.40. The molecule has 0 saturated heterocycles. The smallest absolute Gasteiger partial charge is 0.191 e. The number of hydrogen-bond donors (Lipinski definition) is 0. The van der Waals surface area contributed by atoms with E-state index >= 15 is 0 Å². The van der Waals surface area contributed by atoms with Gasteiger partial charge in [0.2, 0.25) is 0 Å². The molecule has 3 aromatic heterocycles. The molecule has 32 heavy (non-hydrogen) atoms. The first-order valence-electron chi connectivity index (χ1n) is 11.0. The quantitative estimate of drug-likeness (QED) is 0.245. The van der Waals surface area contributed by atoms with E-state index in [1.807, 2.05) is 35.6 Å². The minimum absolute atomic E-state index is 0.738. The second kappa shape index (κ2) is 9.67. The second-order valence-corrected chi connectivity index (χ2v) is 11.4. The van der Waals surface area contributed by atoms with E-state index in [0.29, 0.717) is 0 Å². The molecule has 8 heteroatoms. The Balaban J connectivity index is 1.37. The molecule has 166 valence electrons. The molecular formula is C24H25ClN4S3. The highest BCUT2D eigenvalue weighted by molar-refractivity contribution is 7.98. The van der Waals surface area contributed by atoms with Gasteiger partial charge in [0, 0.05) is 39.1 Å². The van der Waals surface area contributed by atoms with Crippen LogP contribution >= 0.6 is 46.0 Å². The Hall–Kier alpha value is -1.67. The standard InChI is InChI=1S/C24H25ClN4S3/c1-3-10-29-22(19-14-30-21-11-15(2)8-9-17(19)21)27-28-24(29)32-13-16-12-31-23(26-16)18-6-4-5-7-20(18)25/h4-7,12,14-15H,3,8-11,13H2,1-2H3. The maximum Gasteiger partial charge on any atom is 0.191 e.